The fraction of sp³-hybridized carbons (Fsp3) is 0.944. The third kappa shape index (κ3) is 63.8. The van der Waals surface area contributed by atoms with Gasteiger partial charge in [0.15, 0.2) is 0 Å². The smallest absolute Gasteiger partial charge is 0.305 e. The van der Waals surface area contributed by atoms with Crippen LogP contribution in [0.25, 0.3) is 0 Å². The van der Waals surface area contributed by atoms with E-state index in [1.54, 1.807) is 0 Å². The van der Waals surface area contributed by atoms with Crippen LogP contribution in [0.15, 0.2) is 12.2 Å². The van der Waals surface area contributed by atoms with E-state index in [1.165, 1.54) is 340 Å². The van der Waals surface area contributed by atoms with E-state index in [4.69, 9.17) is 4.74 Å². The summed E-state index contributed by atoms with van der Waals surface area (Å²) in [5.41, 5.74) is 0. The Hall–Kier alpha value is -1.40. The number of aliphatic hydroxyl groups is 2. The monoisotopic (exact) mass is 1100 g/mol. The van der Waals surface area contributed by atoms with Gasteiger partial charge in [-0.25, -0.2) is 0 Å². The maximum absolute atomic E-state index is 12.4. The molecule has 0 fully saturated rings. The molecular formula is C72H141NO5. The number of hydrogen-bond acceptors (Lipinski definition) is 5. The van der Waals surface area contributed by atoms with Crippen LogP contribution in [0.3, 0.4) is 0 Å². The molecule has 3 N–H and O–H groups in total. The van der Waals surface area contributed by atoms with Gasteiger partial charge in [-0.15, -0.1) is 0 Å². The van der Waals surface area contributed by atoms with Crippen molar-refractivity contribution in [2.45, 2.75) is 424 Å². The normalized spacial score (nSPS) is 12.5. The molecule has 0 radical (unpaired) electrons. The third-order valence-electron chi connectivity index (χ3n) is 17.1. The Bertz CT molecular complexity index is 1180. The summed E-state index contributed by atoms with van der Waals surface area (Å²) < 4.78 is 5.51. The molecule has 1 amide bonds. The molecule has 2 unspecified atom stereocenters. The lowest BCUT2D eigenvalue weighted by Crippen LogP contribution is -2.45. The molecule has 0 rings (SSSR count). The summed E-state index contributed by atoms with van der Waals surface area (Å²) in [4.78, 5) is 24.6. The summed E-state index contributed by atoms with van der Waals surface area (Å²) >= 11 is 0. The van der Waals surface area contributed by atoms with Crippen molar-refractivity contribution in [2.24, 2.45) is 0 Å². The van der Waals surface area contributed by atoms with Crippen molar-refractivity contribution in [3.8, 4) is 0 Å². The van der Waals surface area contributed by atoms with Crippen LogP contribution < -0.4 is 5.32 Å². The molecule has 6 nitrogen and oxygen atoms in total. The zero-order chi connectivity index (χ0) is 56.4. The maximum atomic E-state index is 12.4. The number of aliphatic hydroxyl groups excluding tert-OH is 2. The number of unbranched alkanes of at least 4 members (excludes halogenated alkanes) is 55. The SMILES string of the molecule is CCCCCCCC/C=C\CCCCCCCCCCCC(=O)OCCCCCCCCCCCCCCCCCCCCCCCCCCCCCCCCCCC(=O)NC(CO)C(O)CCCCCCCCCCCC. The van der Waals surface area contributed by atoms with Crippen molar-refractivity contribution in [3.05, 3.63) is 12.2 Å². The van der Waals surface area contributed by atoms with E-state index in [0.29, 0.717) is 25.9 Å². The summed E-state index contributed by atoms with van der Waals surface area (Å²) in [5.74, 6) is -0.00816. The summed E-state index contributed by atoms with van der Waals surface area (Å²) in [6, 6.07) is -0.535. The second kappa shape index (κ2) is 68.1. The second-order valence-corrected chi connectivity index (χ2v) is 24.9. The quantitative estimate of drug-likeness (QED) is 0.0320. The lowest BCUT2D eigenvalue weighted by atomic mass is 10.0. The summed E-state index contributed by atoms with van der Waals surface area (Å²) in [6.45, 7) is 4.97. The minimum atomic E-state index is -0.658. The summed E-state index contributed by atoms with van der Waals surface area (Å²) in [6.07, 6.45) is 84.3. The highest BCUT2D eigenvalue weighted by atomic mass is 16.5. The number of ether oxygens (including phenoxy) is 1. The molecule has 78 heavy (non-hydrogen) atoms. The van der Waals surface area contributed by atoms with Gasteiger partial charge in [0.2, 0.25) is 5.91 Å². The van der Waals surface area contributed by atoms with Gasteiger partial charge in [0.1, 0.15) is 0 Å². The van der Waals surface area contributed by atoms with E-state index in [1.807, 2.05) is 0 Å². The van der Waals surface area contributed by atoms with Crippen LogP contribution in [0.5, 0.6) is 0 Å². The van der Waals surface area contributed by atoms with Crippen molar-refractivity contribution in [1.29, 1.82) is 0 Å². The van der Waals surface area contributed by atoms with Gasteiger partial charge in [-0.3, -0.25) is 9.59 Å². The number of carbonyl (C=O) groups is 2. The Kier molecular flexibility index (Phi) is 66.9. The van der Waals surface area contributed by atoms with Crippen LogP contribution in [0.4, 0.5) is 0 Å². The number of rotatable bonds is 68. The molecule has 6 heteroatoms. The Balaban J connectivity index is 3.28. The highest BCUT2D eigenvalue weighted by Gasteiger charge is 2.20. The number of allylic oxidation sites excluding steroid dienone is 2. The van der Waals surface area contributed by atoms with Gasteiger partial charge in [-0.2, -0.15) is 0 Å². The lowest BCUT2D eigenvalue weighted by molar-refractivity contribution is -0.143. The molecular weight excluding hydrogens is 959 g/mol. The molecule has 0 aliphatic heterocycles. The van der Waals surface area contributed by atoms with Gasteiger partial charge in [0, 0.05) is 12.8 Å². The van der Waals surface area contributed by atoms with Crippen LogP contribution in [-0.2, 0) is 14.3 Å². The molecule has 0 saturated heterocycles. The van der Waals surface area contributed by atoms with E-state index in [-0.39, 0.29) is 18.5 Å². The van der Waals surface area contributed by atoms with Gasteiger partial charge >= 0.3 is 5.97 Å². The molecule has 0 bridgehead atoms. The van der Waals surface area contributed by atoms with E-state index in [2.05, 4.69) is 31.3 Å². The molecule has 0 heterocycles. The van der Waals surface area contributed by atoms with Gasteiger partial charge in [0.05, 0.1) is 25.4 Å². The van der Waals surface area contributed by atoms with Gasteiger partial charge in [0.25, 0.3) is 0 Å². The maximum Gasteiger partial charge on any atom is 0.305 e. The molecule has 2 atom stereocenters. The first-order valence-corrected chi connectivity index (χ1v) is 35.9. The molecule has 0 aliphatic rings. The minimum Gasteiger partial charge on any atom is -0.466 e. The van der Waals surface area contributed by atoms with Crippen molar-refractivity contribution < 1.29 is 24.5 Å². The fourth-order valence-electron chi connectivity index (χ4n) is 11.6. The fourth-order valence-corrected chi connectivity index (χ4v) is 11.6. The average Bonchev–Trinajstić information content (AvgIpc) is 3.44. The van der Waals surface area contributed by atoms with Crippen LogP contribution in [-0.4, -0.2) is 47.4 Å². The van der Waals surface area contributed by atoms with Crippen molar-refractivity contribution in [2.75, 3.05) is 13.2 Å². The Morgan fingerprint density at radius 1 is 0.346 bits per heavy atom. The first kappa shape index (κ1) is 76.6. The van der Waals surface area contributed by atoms with E-state index >= 15 is 0 Å². The molecule has 0 aromatic rings. The zero-order valence-electron chi connectivity index (χ0n) is 53.2. The van der Waals surface area contributed by atoms with Gasteiger partial charge < -0.3 is 20.3 Å². The number of carbonyl (C=O) groups excluding carboxylic acids is 2. The van der Waals surface area contributed by atoms with Crippen molar-refractivity contribution >= 4 is 11.9 Å². The highest BCUT2D eigenvalue weighted by molar-refractivity contribution is 5.76. The van der Waals surface area contributed by atoms with E-state index < -0.39 is 12.1 Å². The molecule has 0 aromatic heterocycles. The molecule has 0 saturated carbocycles. The number of nitrogens with one attached hydrogen (secondary N) is 1. The molecule has 0 aliphatic carbocycles. The zero-order valence-corrected chi connectivity index (χ0v) is 53.2. The Morgan fingerprint density at radius 3 is 0.910 bits per heavy atom. The van der Waals surface area contributed by atoms with Crippen LogP contribution in [0, 0.1) is 0 Å². The van der Waals surface area contributed by atoms with Crippen LogP contribution >= 0.6 is 0 Å². The van der Waals surface area contributed by atoms with Crippen molar-refractivity contribution in [3.63, 3.8) is 0 Å². The van der Waals surface area contributed by atoms with E-state index in [9.17, 15) is 19.8 Å². The predicted molar refractivity (Wildman–Crippen MR) is 343 cm³/mol. The van der Waals surface area contributed by atoms with Crippen LogP contribution in [0.1, 0.15) is 412 Å². The standard InChI is InChI=1S/C72H141NO5/c1-3-5-7-9-11-13-15-16-17-18-33-37-40-43-46-50-54-58-62-66-72(77)78-67-63-59-55-51-47-44-41-38-35-32-30-28-26-24-22-20-19-21-23-25-27-29-31-34-36-39-42-45-49-53-57-61-65-71(76)73-69(68-74)70(75)64-60-56-52-48-14-12-10-8-6-4-2/h16-17,69-70,74-75H,3-15,18-68H2,1-2H3,(H,73,76)/b17-16-. The van der Waals surface area contributed by atoms with Crippen molar-refractivity contribution in [1.82, 2.24) is 5.32 Å². The number of amides is 1. The van der Waals surface area contributed by atoms with Gasteiger partial charge in [-0.05, 0) is 51.4 Å². The summed E-state index contributed by atoms with van der Waals surface area (Å²) in [7, 11) is 0. The third-order valence-corrected chi connectivity index (χ3v) is 17.1. The average molecular weight is 1100 g/mol. The topological polar surface area (TPSA) is 95.9 Å². The summed E-state index contributed by atoms with van der Waals surface area (Å²) in [5, 5.41) is 23.2. The molecule has 0 spiro atoms. The molecule has 464 valence electrons. The minimum absolute atomic E-state index is 0.0217. The Morgan fingerprint density at radius 2 is 0.603 bits per heavy atom. The second-order valence-electron chi connectivity index (χ2n) is 24.9. The first-order chi connectivity index (χ1) is 38.5. The molecule has 0 aromatic carbocycles. The van der Waals surface area contributed by atoms with Gasteiger partial charge in [-0.1, -0.05) is 360 Å². The Labute approximate surface area is 489 Å². The lowest BCUT2D eigenvalue weighted by Gasteiger charge is -2.22. The van der Waals surface area contributed by atoms with E-state index in [0.717, 1.165) is 38.5 Å². The van der Waals surface area contributed by atoms with Crippen LogP contribution in [0.2, 0.25) is 0 Å². The largest absolute Gasteiger partial charge is 0.466 e. The number of hydrogen-bond donors (Lipinski definition) is 3. The first-order valence-electron chi connectivity index (χ1n) is 35.9. The highest BCUT2D eigenvalue weighted by Crippen LogP contribution is 2.19. The predicted octanol–water partition coefficient (Wildman–Crippen LogP) is 23.1. The number of esters is 1.